The molecule has 0 bridgehead atoms. The minimum Gasteiger partial charge on any atom is -0.383 e. The Morgan fingerprint density at radius 1 is 1.30 bits per heavy atom. The van der Waals surface area contributed by atoms with Crippen LogP contribution in [0.1, 0.15) is 46.0 Å². The molecule has 1 heterocycles. The number of ether oxygens (including phenoxy) is 1. The van der Waals surface area contributed by atoms with Gasteiger partial charge in [-0.3, -0.25) is 4.90 Å². The lowest BCUT2D eigenvalue weighted by molar-refractivity contribution is 0.0410. The molecule has 2 fully saturated rings. The summed E-state index contributed by atoms with van der Waals surface area (Å²) in [4.78, 5) is 5.30. The molecule has 4 nitrogen and oxygen atoms in total. The molecule has 118 valence electrons. The van der Waals surface area contributed by atoms with E-state index in [4.69, 9.17) is 10.5 Å². The Morgan fingerprint density at radius 3 is 2.60 bits per heavy atom. The zero-order valence-corrected chi connectivity index (χ0v) is 13.6. The lowest BCUT2D eigenvalue weighted by Gasteiger charge is -2.43. The van der Waals surface area contributed by atoms with Gasteiger partial charge in [0.05, 0.1) is 6.61 Å². The Kier molecular flexibility index (Phi) is 5.84. The molecule has 2 aliphatic rings. The zero-order chi connectivity index (χ0) is 14.6. The topological polar surface area (TPSA) is 41.7 Å². The van der Waals surface area contributed by atoms with Gasteiger partial charge in [0.2, 0.25) is 0 Å². The first-order valence-corrected chi connectivity index (χ1v) is 8.33. The molecular weight excluding hydrogens is 250 g/mol. The van der Waals surface area contributed by atoms with Crippen molar-refractivity contribution in [3.05, 3.63) is 0 Å². The number of likely N-dealkylation sites (tertiary alicyclic amines) is 1. The van der Waals surface area contributed by atoms with Gasteiger partial charge < -0.3 is 15.4 Å². The van der Waals surface area contributed by atoms with Crippen molar-refractivity contribution in [3.8, 4) is 0 Å². The van der Waals surface area contributed by atoms with E-state index in [1.165, 1.54) is 45.2 Å². The minimum atomic E-state index is 0.212. The van der Waals surface area contributed by atoms with Crippen molar-refractivity contribution in [2.75, 3.05) is 39.9 Å². The molecule has 1 saturated carbocycles. The van der Waals surface area contributed by atoms with E-state index in [0.29, 0.717) is 6.04 Å². The molecule has 0 radical (unpaired) electrons. The normalized spacial score (nSPS) is 29.1. The van der Waals surface area contributed by atoms with E-state index in [1.807, 2.05) is 0 Å². The molecule has 1 aliphatic heterocycles. The molecule has 1 aliphatic carbocycles. The molecule has 0 amide bonds. The van der Waals surface area contributed by atoms with Gasteiger partial charge >= 0.3 is 0 Å². The average Bonchev–Trinajstić information content (AvgIpc) is 3.25. The van der Waals surface area contributed by atoms with E-state index in [-0.39, 0.29) is 5.54 Å². The van der Waals surface area contributed by atoms with Crippen LogP contribution in [0.15, 0.2) is 0 Å². The Balaban J connectivity index is 2.06. The first kappa shape index (κ1) is 16.2. The average molecular weight is 283 g/mol. The summed E-state index contributed by atoms with van der Waals surface area (Å²) in [5.41, 5.74) is 6.48. The Morgan fingerprint density at radius 2 is 2.05 bits per heavy atom. The summed E-state index contributed by atoms with van der Waals surface area (Å²) in [6.07, 6.45) is 6.42. The summed E-state index contributed by atoms with van der Waals surface area (Å²) >= 11 is 0. The van der Waals surface area contributed by atoms with Crippen LogP contribution in [-0.2, 0) is 4.74 Å². The lowest BCUT2D eigenvalue weighted by atomic mass is 9.88. The van der Waals surface area contributed by atoms with Gasteiger partial charge in [0.15, 0.2) is 0 Å². The van der Waals surface area contributed by atoms with Gasteiger partial charge in [0.1, 0.15) is 0 Å². The van der Waals surface area contributed by atoms with E-state index in [1.54, 1.807) is 7.11 Å². The van der Waals surface area contributed by atoms with E-state index in [9.17, 15) is 0 Å². The molecule has 0 aromatic heterocycles. The third-order valence-corrected chi connectivity index (χ3v) is 5.20. The van der Waals surface area contributed by atoms with Crippen molar-refractivity contribution in [1.82, 2.24) is 9.80 Å². The van der Waals surface area contributed by atoms with Crippen LogP contribution < -0.4 is 5.73 Å². The van der Waals surface area contributed by atoms with Gasteiger partial charge in [-0.2, -0.15) is 0 Å². The SMILES string of the molecule is COCCN(C1CC1)C1(CN)CCCN(C(C)C)CC1. The van der Waals surface area contributed by atoms with E-state index in [0.717, 1.165) is 25.7 Å². The fraction of sp³-hybridized carbons (Fsp3) is 1.00. The molecule has 1 atom stereocenters. The van der Waals surface area contributed by atoms with Crippen molar-refractivity contribution in [2.45, 2.75) is 63.6 Å². The monoisotopic (exact) mass is 283 g/mol. The highest BCUT2D eigenvalue weighted by Crippen LogP contribution is 2.38. The summed E-state index contributed by atoms with van der Waals surface area (Å²) in [6, 6.07) is 1.41. The largest absolute Gasteiger partial charge is 0.383 e. The molecule has 1 saturated heterocycles. The maximum atomic E-state index is 6.27. The van der Waals surface area contributed by atoms with Gasteiger partial charge in [-0.15, -0.1) is 0 Å². The van der Waals surface area contributed by atoms with Crippen molar-refractivity contribution in [1.29, 1.82) is 0 Å². The van der Waals surface area contributed by atoms with Crippen molar-refractivity contribution in [2.24, 2.45) is 5.73 Å². The minimum absolute atomic E-state index is 0.212. The van der Waals surface area contributed by atoms with Gasteiger partial charge in [-0.05, 0) is 52.5 Å². The highest BCUT2D eigenvalue weighted by Gasteiger charge is 2.43. The fourth-order valence-electron chi connectivity index (χ4n) is 3.71. The maximum Gasteiger partial charge on any atom is 0.0590 e. The van der Waals surface area contributed by atoms with E-state index < -0.39 is 0 Å². The Hall–Kier alpha value is -0.160. The predicted octanol–water partition coefficient (Wildman–Crippen LogP) is 1.69. The van der Waals surface area contributed by atoms with Gasteiger partial charge in [-0.25, -0.2) is 0 Å². The summed E-state index contributed by atoms with van der Waals surface area (Å²) in [5, 5.41) is 0. The molecule has 2 N–H and O–H groups in total. The number of nitrogens with zero attached hydrogens (tertiary/aromatic N) is 2. The molecule has 0 spiro atoms. The second-order valence-corrected chi connectivity index (χ2v) is 6.83. The highest BCUT2D eigenvalue weighted by molar-refractivity contribution is 5.01. The Bertz CT molecular complexity index is 293. The summed E-state index contributed by atoms with van der Waals surface area (Å²) in [5.74, 6) is 0. The quantitative estimate of drug-likeness (QED) is 0.772. The number of methoxy groups -OCH3 is 1. The summed E-state index contributed by atoms with van der Waals surface area (Å²) < 4.78 is 5.33. The molecule has 4 heteroatoms. The number of rotatable bonds is 7. The van der Waals surface area contributed by atoms with Crippen LogP contribution in [0.5, 0.6) is 0 Å². The van der Waals surface area contributed by atoms with Crippen LogP contribution in [-0.4, -0.2) is 67.3 Å². The Labute approximate surface area is 124 Å². The van der Waals surface area contributed by atoms with Gasteiger partial charge in [0, 0.05) is 44.4 Å². The van der Waals surface area contributed by atoms with Crippen LogP contribution in [0.4, 0.5) is 0 Å². The van der Waals surface area contributed by atoms with E-state index in [2.05, 4.69) is 23.6 Å². The number of nitrogens with two attached hydrogens (primary N) is 1. The van der Waals surface area contributed by atoms with Crippen LogP contribution in [0, 0.1) is 0 Å². The van der Waals surface area contributed by atoms with Crippen LogP contribution in [0.2, 0.25) is 0 Å². The number of hydrogen-bond acceptors (Lipinski definition) is 4. The van der Waals surface area contributed by atoms with Crippen molar-refractivity contribution in [3.63, 3.8) is 0 Å². The second kappa shape index (κ2) is 7.21. The smallest absolute Gasteiger partial charge is 0.0590 e. The van der Waals surface area contributed by atoms with Crippen LogP contribution in [0.25, 0.3) is 0 Å². The second-order valence-electron chi connectivity index (χ2n) is 6.83. The molecular formula is C16H33N3O. The lowest BCUT2D eigenvalue weighted by Crippen LogP contribution is -2.56. The van der Waals surface area contributed by atoms with Crippen molar-refractivity contribution >= 4 is 0 Å². The standard InChI is InChI=1S/C16H33N3O/c1-14(2)18-9-4-7-16(13-17,8-10-18)19(11-12-20-3)15-5-6-15/h14-15H,4-13,17H2,1-3H3. The van der Waals surface area contributed by atoms with Crippen LogP contribution >= 0.6 is 0 Å². The fourth-order valence-corrected chi connectivity index (χ4v) is 3.71. The first-order chi connectivity index (χ1) is 9.63. The zero-order valence-electron chi connectivity index (χ0n) is 13.6. The van der Waals surface area contributed by atoms with E-state index >= 15 is 0 Å². The maximum absolute atomic E-state index is 6.27. The van der Waals surface area contributed by atoms with Gasteiger partial charge in [-0.1, -0.05) is 0 Å². The van der Waals surface area contributed by atoms with Gasteiger partial charge in [0.25, 0.3) is 0 Å². The summed E-state index contributed by atoms with van der Waals surface area (Å²) in [6.45, 7) is 9.68. The predicted molar refractivity (Wildman–Crippen MR) is 83.9 cm³/mol. The first-order valence-electron chi connectivity index (χ1n) is 8.33. The summed E-state index contributed by atoms with van der Waals surface area (Å²) in [7, 11) is 1.80. The molecule has 20 heavy (non-hydrogen) atoms. The van der Waals surface area contributed by atoms with Crippen molar-refractivity contribution < 1.29 is 4.74 Å². The molecule has 1 unspecified atom stereocenters. The van der Waals surface area contributed by atoms with Crippen LogP contribution in [0.3, 0.4) is 0 Å². The molecule has 0 aromatic rings. The third kappa shape index (κ3) is 3.73. The third-order valence-electron chi connectivity index (χ3n) is 5.20. The molecule has 2 rings (SSSR count). The molecule has 0 aromatic carbocycles. The number of hydrogen-bond donors (Lipinski definition) is 1. The highest BCUT2D eigenvalue weighted by atomic mass is 16.5.